The van der Waals surface area contributed by atoms with E-state index in [9.17, 15) is 14.4 Å². The summed E-state index contributed by atoms with van der Waals surface area (Å²) < 4.78 is 6.21. The van der Waals surface area contributed by atoms with Crippen LogP contribution < -0.4 is 11.1 Å². The van der Waals surface area contributed by atoms with Gasteiger partial charge in [-0.1, -0.05) is 27.7 Å². The molecule has 0 unspecified atom stereocenters. The zero-order chi connectivity index (χ0) is 19.3. The Morgan fingerprint density at radius 3 is 2.35 bits per heavy atom. The molecular weight excluding hydrogens is 336 g/mol. The van der Waals surface area contributed by atoms with Gasteiger partial charge in [0.25, 0.3) is 5.89 Å². The van der Waals surface area contributed by atoms with E-state index in [1.165, 1.54) is 0 Å². The predicted molar refractivity (Wildman–Crippen MR) is 97.1 cm³/mol. The maximum Gasteiger partial charge on any atom is 0.437 e. The van der Waals surface area contributed by atoms with Crippen molar-refractivity contribution in [1.29, 1.82) is 0 Å². The van der Waals surface area contributed by atoms with E-state index in [4.69, 9.17) is 4.42 Å². The Morgan fingerprint density at radius 2 is 1.77 bits per heavy atom. The van der Waals surface area contributed by atoms with Crippen molar-refractivity contribution in [2.45, 2.75) is 66.0 Å². The van der Waals surface area contributed by atoms with Gasteiger partial charge < -0.3 is 14.6 Å². The van der Waals surface area contributed by atoms with Gasteiger partial charge in [-0.25, -0.2) is 9.59 Å². The lowest BCUT2D eigenvalue weighted by Crippen LogP contribution is -2.49. The van der Waals surface area contributed by atoms with Crippen LogP contribution in [-0.2, 0) is 6.54 Å². The minimum atomic E-state index is -0.755. The van der Waals surface area contributed by atoms with Crippen molar-refractivity contribution < 1.29 is 14.0 Å². The van der Waals surface area contributed by atoms with Crippen LogP contribution in [0.2, 0.25) is 0 Å². The van der Waals surface area contributed by atoms with E-state index < -0.39 is 17.6 Å². The number of hydrogen-bond acceptors (Lipinski definition) is 5. The first-order chi connectivity index (χ1) is 12.3. The highest BCUT2D eigenvalue weighted by molar-refractivity contribution is 5.98. The van der Waals surface area contributed by atoms with Crippen molar-refractivity contribution >= 4 is 11.8 Å². The summed E-state index contributed by atoms with van der Waals surface area (Å²) in [6.45, 7) is 9.62. The van der Waals surface area contributed by atoms with Gasteiger partial charge in [-0.15, -0.1) is 5.10 Å². The maximum atomic E-state index is 12.8. The zero-order valence-corrected chi connectivity index (χ0v) is 16.2. The molecule has 1 N–H and O–H groups in total. The predicted octanol–water partition coefficient (Wildman–Crippen LogP) is 2.29. The van der Waals surface area contributed by atoms with Crippen LogP contribution in [0.5, 0.6) is 0 Å². The zero-order valence-electron chi connectivity index (χ0n) is 16.2. The maximum absolute atomic E-state index is 12.8. The minimum Gasteiger partial charge on any atom is -0.384 e. The summed E-state index contributed by atoms with van der Waals surface area (Å²) in [5.74, 6) is -0.947. The number of amides is 2. The highest BCUT2D eigenvalue weighted by Crippen LogP contribution is 2.13. The third-order valence-electron chi connectivity index (χ3n) is 4.32. The smallest absolute Gasteiger partial charge is 0.384 e. The largest absolute Gasteiger partial charge is 0.437 e. The molecule has 1 aliphatic heterocycles. The van der Waals surface area contributed by atoms with Crippen LogP contribution in [-0.4, -0.2) is 45.6 Å². The number of piperidine rings is 1. The number of ketones is 1. The summed E-state index contributed by atoms with van der Waals surface area (Å²) in [6.07, 6.45) is 3.53. The van der Waals surface area contributed by atoms with Crippen LogP contribution in [0.1, 0.15) is 64.1 Å². The molecule has 0 aromatic carbocycles. The lowest BCUT2D eigenvalue weighted by Gasteiger charge is -2.29. The molecule has 2 heterocycles. The summed E-state index contributed by atoms with van der Waals surface area (Å²) in [5.41, 5.74) is 0. The molecule has 1 aliphatic rings. The standard InChI is InChI=1S/C18H30N4O4/c1-12(2)10-14(19-17(24)21-8-6-5-7-9-21)15(23)16-20-22(11-13(3)4)18(25)26-16/h12-14H,5-11H2,1-4H3,(H,19,24)/t14-/m0/s1. The number of Topliss-reactive ketones (excluding diaryl/α,β-unsaturated/α-hetero) is 1. The average Bonchev–Trinajstić information content (AvgIpc) is 2.94. The van der Waals surface area contributed by atoms with Crippen LogP contribution in [0.25, 0.3) is 0 Å². The number of likely N-dealkylation sites (tertiary alicyclic amines) is 1. The molecule has 8 nitrogen and oxygen atoms in total. The second-order valence-corrected chi connectivity index (χ2v) is 7.79. The molecule has 2 amide bonds. The molecule has 0 aliphatic carbocycles. The fourth-order valence-electron chi connectivity index (χ4n) is 3.06. The summed E-state index contributed by atoms with van der Waals surface area (Å²) in [7, 11) is 0. The SMILES string of the molecule is CC(C)C[C@H](NC(=O)N1CCCCC1)C(=O)c1nn(CC(C)C)c(=O)o1. The molecule has 1 saturated heterocycles. The van der Waals surface area contributed by atoms with Crippen molar-refractivity contribution in [1.82, 2.24) is 20.0 Å². The molecule has 26 heavy (non-hydrogen) atoms. The van der Waals surface area contributed by atoms with Gasteiger partial charge >= 0.3 is 11.8 Å². The number of urea groups is 1. The number of hydrogen-bond donors (Lipinski definition) is 1. The van der Waals surface area contributed by atoms with Crippen LogP contribution in [0.4, 0.5) is 4.79 Å². The number of rotatable bonds is 7. The van der Waals surface area contributed by atoms with Gasteiger partial charge in [0.15, 0.2) is 0 Å². The van der Waals surface area contributed by atoms with Crippen LogP contribution in [0.15, 0.2) is 9.21 Å². The topological polar surface area (TPSA) is 97.4 Å². The Labute approximate surface area is 153 Å². The van der Waals surface area contributed by atoms with Crippen LogP contribution in [0.3, 0.4) is 0 Å². The van der Waals surface area contributed by atoms with Crippen molar-refractivity contribution in [2.24, 2.45) is 11.8 Å². The quantitative estimate of drug-likeness (QED) is 0.747. The van der Waals surface area contributed by atoms with E-state index in [1.807, 2.05) is 27.7 Å². The summed E-state index contributed by atoms with van der Waals surface area (Å²) in [5, 5.41) is 6.83. The molecule has 1 aromatic heterocycles. The minimum absolute atomic E-state index is 0.190. The monoisotopic (exact) mass is 366 g/mol. The van der Waals surface area contributed by atoms with E-state index in [2.05, 4.69) is 10.4 Å². The van der Waals surface area contributed by atoms with Crippen molar-refractivity contribution in [3.63, 3.8) is 0 Å². The van der Waals surface area contributed by atoms with Crippen molar-refractivity contribution in [3.05, 3.63) is 16.4 Å². The van der Waals surface area contributed by atoms with Crippen molar-refractivity contribution in [3.8, 4) is 0 Å². The lowest BCUT2D eigenvalue weighted by molar-refractivity contribution is 0.0889. The first-order valence-electron chi connectivity index (χ1n) is 9.45. The van der Waals surface area contributed by atoms with Gasteiger partial charge in [-0.05, 0) is 37.5 Å². The fraction of sp³-hybridized carbons (Fsp3) is 0.778. The summed E-state index contributed by atoms with van der Waals surface area (Å²) >= 11 is 0. The molecule has 8 heteroatoms. The highest BCUT2D eigenvalue weighted by Gasteiger charge is 2.30. The molecule has 2 rings (SSSR count). The Bertz CT molecular complexity index is 671. The van der Waals surface area contributed by atoms with Crippen LogP contribution in [0, 0.1) is 11.8 Å². The molecule has 1 fully saturated rings. The number of nitrogens with zero attached hydrogens (tertiary/aromatic N) is 3. The normalized spacial score (nSPS) is 16.2. The molecule has 1 aromatic rings. The third kappa shape index (κ3) is 5.44. The van der Waals surface area contributed by atoms with E-state index in [-0.39, 0.29) is 23.8 Å². The third-order valence-corrected chi connectivity index (χ3v) is 4.32. The van der Waals surface area contributed by atoms with E-state index >= 15 is 0 Å². The molecule has 0 bridgehead atoms. The van der Waals surface area contributed by atoms with Gasteiger partial charge in [0.05, 0.1) is 12.6 Å². The first-order valence-corrected chi connectivity index (χ1v) is 9.45. The van der Waals surface area contributed by atoms with E-state index in [0.29, 0.717) is 26.1 Å². The summed E-state index contributed by atoms with van der Waals surface area (Å²) in [6, 6.07) is -0.998. The molecule has 0 spiro atoms. The Balaban J connectivity index is 2.13. The second kappa shape index (κ2) is 9.00. The highest BCUT2D eigenvalue weighted by atomic mass is 16.4. The van der Waals surface area contributed by atoms with Gasteiger partial charge in [0.1, 0.15) is 0 Å². The average molecular weight is 366 g/mol. The van der Waals surface area contributed by atoms with Crippen molar-refractivity contribution in [2.75, 3.05) is 13.1 Å². The molecule has 0 saturated carbocycles. The number of nitrogens with one attached hydrogen (secondary N) is 1. The summed E-state index contributed by atoms with van der Waals surface area (Å²) in [4.78, 5) is 38.9. The number of aromatic nitrogens is 2. The molecular formula is C18H30N4O4. The number of carbonyl (C=O) groups excluding carboxylic acids is 2. The molecule has 1 atom stereocenters. The van der Waals surface area contributed by atoms with E-state index in [1.54, 1.807) is 4.90 Å². The Kier molecular flexibility index (Phi) is 6.99. The van der Waals surface area contributed by atoms with Gasteiger partial charge in [-0.3, -0.25) is 4.79 Å². The van der Waals surface area contributed by atoms with Gasteiger partial charge in [-0.2, -0.15) is 4.68 Å². The molecule has 146 valence electrons. The van der Waals surface area contributed by atoms with Gasteiger partial charge in [0.2, 0.25) is 5.78 Å². The first kappa shape index (κ1) is 20.2. The van der Waals surface area contributed by atoms with Gasteiger partial charge in [0, 0.05) is 13.1 Å². The lowest BCUT2D eigenvalue weighted by atomic mass is 10.00. The molecule has 0 radical (unpaired) electrons. The van der Waals surface area contributed by atoms with Crippen LogP contribution >= 0.6 is 0 Å². The fourth-order valence-corrected chi connectivity index (χ4v) is 3.06. The Morgan fingerprint density at radius 1 is 1.12 bits per heavy atom. The Hall–Kier alpha value is -2.12. The number of carbonyl (C=O) groups is 2. The van der Waals surface area contributed by atoms with E-state index in [0.717, 1.165) is 23.9 Å². The second-order valence-electron chi connectivity index (χ2n) is 7.79.